The van der Waals surface area contributed by atoms with Crippen molar-refractivity contribution in [3.8, 4) is 0 Å². The molecule has 2 unspecified atom stereocenters. The van der Waals surface area contributed by atoms with Crippen LogP contribution in [0.2, 0.25) is 0 Å². The van der Waals surface area contributed by atoms with Crippen LogP contribution in [0.1, 0.15) is 78.0 Å². The Balaban J connectivity index is 3.47. The standard InChI is InChI=1S/C26H40N4O5/c1-8-10-14-28-23(32)22(19-13-11-12-18(9-2)15-19)30(17(3)4)24(33)20(16-21(27)31)29-25(34)35-26(5,6)7/h9,11-13,15,17,20,22H,2,8,10,14,16H2,1,3-7H3,(H2,27,31)(H,28,32)(H,29,34). The number of rotatable bonds is 12. The van der Waals surface area contributed by atoms with Crippen molar-refractivity contribution in [1.29, 1.82) is 0 Å². The highest BCUT2D eigenvalue weighted by Gasteiger charge is 2.38. The van der Waals surface area contributed by atoms with Gasteiger partial charge in [-0.05, 0) is 58.2 Å². The second-order valence-electron chi connectivity index (χ2n) is 9.63. The molecule has 0 aliphatic heterocycles. The van der Waals surface area contributed by atoms with E-state index in [1.165, 1.54) is 4.90 Å². The van der Waals surface area contributed by atoms with Crippen LogP contribution in [0.3, 0.4) is 0 Å². The van der Waals surface area contributed by atoms with Crippen LogP contribution >= 0.6 is 0 Å². The van der Waals surface area contributed by atoms with E-state index in [0.717, 1.165) is 18.4 Å². The molecule has 0 spiro atoms. The van der Waals surface area contributed by atoms with Crippen LogP contribution in [0.5, 0.6) is 0 Å². The van der Waals surface area contributed by atoms with E-state index in [0.29, 0.717) is 12.1 Å². The monoisotopic (exact) mass is 488 g/mol. The number of unbranched alkanes of at least 4 members (excludes halogenated alkanes) is 1. The van der Waals surface area contributed by atoms with Crippen molar-refractivity contribution in [1.82, 2.24) is 15.5 Å². The fraction of sp³-hybridized carbons (Fsp3) is 0.538. The molecule has 0 fully saturated rings. The summed E-state index contributed by atoms with van der Waals surface area (Å²) < 4.78 is 5.27. The Hall–Kier alpha value is -3.36. The normalized spacial score (nSPS) is 12.9. The third-order valence-corrected chi connectivity index (χ3v) is 5.02. The molecule has 0 radical (unpaired) electrons. The van der Waals surface area contributed by atoms with Gasteiger partial charge in [-0.2, -0.15) is 0 Å². The van der Waals surface area contributed by atoms with Gasteiger partial charge >= 0.3 is 6.09 Å². The summed E-state index contributed by atoms with van der Waals surface area (Å²) in [4.78, 5) is 52.7. The van der Waals surface area contributed by atoms with Gasteiger partial charge < -0.3 is 26.0 Å². The molecule has 9 nitrogen and oxygen atoms in total. The second-order valence-corrected chi connectivity index (χ2v) is 9.63. The number of carbonyl (C=O) groups is 4. The molecule has 194 valence electrons. The lowest BCUT2D eigenvalue weighted by Gasteiger charge is -2.37. The van der Waals surface area contributed by atoms with Crippen LogP contribution in [0.15, 0.2) is 30.8 Å². The molecule has 0 aliphatic carbocycles. The van der Waals surface area contributed by atoms with Crippen LogP contribution in [-0.2, 0) is 19.1 Å². The van der Waals surface area contributed by atoms with Crippen molar-refractivity contribution in [2.45, 2.75) is 84.5 Å². The van der Waals surface area contributed by atoms with Crippen LogP contribution < -0.4 is 16.4 Å². The molecule has 1 aromatic carbocycles. The highest BCUT2D eigenvalue weighted by molar-refractivity contribution is 5.94. The van der Waals surface area contributed by atoms with Gasteiger partial charge in [-0.15, -0.1) is 0 Å². The predicted molar refractivity (Wildman–Crippen MR) is 136 cm³/mol. The first kappa shape index (κ1) is 29.7. The van der Waals surface area contributed by atoms with E-state index in [1.54, 1.807) is 58.9 Å². The number of hydrogen-bond donors (Lipinski definition) is 3. The number of nitrogens with one attached hydrogen (secondary N) is 2. The van der Waals surface area contributed by atoms with E-state index in [-0.39, 0.29) is 5.91 Å². The maximum atomic E-state index is 13.8. The minimum Gasteiger partial charge on any atom is -0.444 e. The first-order valence-electron chi connectivity index (χ1n) is 11.9. The largest absolute Gasteiger partial charge is 0.444 e. The number of primary amides is 1. The molecular formula is C26H40N4O5. The molecular weight excluding hydrogens is 448 g/mol. The lowest BCUT2D eigenvalue weighted by molar-refractivity contribution is -0.145. The third kappa shape index (κ3) is 9.80. The van der Waals surface area contributed by atoms with Crippen LogP contribution in [0, 0.1) is 0 Å². The van der Waals surface area contributed by atoms with Gasteiger partial charge in [0.25, 0.3) is 0 Å². The van der Waals surface area contributed by atoms with E-state index >= 15 is 0 Å². The number of hydrogen-bond acceptors (Lipinski definition) is 5. The molecule has 2 atom stereocenters. The molecule has 35 heavy (non-hydrogen) atoms. The van der Waals surface area contributed by atoms with Crippen LogP contribution in [-0.4, -0.2) is 52.9 Å². The molecule has 4 amide bonds. The maximum absolute atomic E-state index is 13.8. The summed E-state index contributed by atoms with van der Waals surface area (Å²) in [7, 11) is 0. The van der Waals surface area contributed by atoms with E-state index in [1.807, 2.05) is 13.0 Å². The zero-order chi connectivity index (χ0) is 26.8. The van der Waals surface area contributed by atoms with Crippen molar-refractivity contribution in [2.75, 3.05) is 6.54 Å². The van der Waals surface area contributed by atoms with E-state index in [4.69, 9.17) is 10.5 Å². The van der Waals surface area contributed by atoms with Crippen molar-refractivity contribution >= 4 is 29.9 Å². The Morgan fingerprint density at radius 1 is 1.20 bits per heavy atom. The topological polar surface area (TPSA) is 131 Å². The predicted octanol–water partition coefficient (Wildman–Crippen LogP) is 3.29. The van der Waals surface area contributed by atoms with Crippen molar-refractivity contribution < 1.29 is 23.9 Å². The van der Waals surface area contributed by atoms with Crippen molar-refractivity contribution in [2.24, 2.45) is 5.73 Å². The summed E-state index contributed by atoms with van der Waals surface area (Å²) in [5.74, 6) is -1.76. The average molecular weight is 489 g/mol. The minimum absolute atomic E-state index is 0.364. The summed E-state index contributed by atoms with van der Waals surface area (Å²) in [6, 6.07) is 4.39. The lowest BCUT2D eigenvalue weighted by atomic mass is 9.98. The summed E-state index contributed by atoms with van der Waals surface area (Å²) in [6.07, 6.45) is 2.02. The molecule has 1 aromatic rings. The third-order valence-electron chi connectivity index (χ3n) is 5.02. The van der Waals surface area contributed by atoms with Gasteiger partial charge in [0, 0.05) is 12.6 Å². The van der Waals surface area contributed by atoms with Gasteiger partial charge in [-0.25, -0.2) is 4.79 Å². The molecule has 1 rings (SSSR count). The molecule has 0 aliphatic rings. The highest BCUT2D eigenvalue weighted by atomic mass is 16.6. The van der Waals surface area contributed by atoms with Crippen LogP contribution in [0.4, 0.5) is 4.79 Å². The Kier molecular flexibility index (Phi) is 11.5. The van der Waals surface area contributed by atoms with Crippen LogP contribution in [0.25, 0.3) is 6.08 Å². The van der Waals surface area contributed by atoms with E-state index < -0.39 is 48.1 Å². The molecule has 0 saturated heterocycles. The minimum atomic E-state index is -1.31. The summed E-state index contributed by atoms with van der Waals surface area (Å²) in [6.45, 7) is 14.8. The number of benzene rings is 1. The van der Waals surface area contributed by atoms with Crippen molar-refractivity contribution in [3.63, 3.8) is 0 Å². The number of nitrogens with zero attached hydrogens (tertiary/aromatic N) is 1. The Morgan fingerprint density at radius 3 is 2.37 bits per heavy atom. The first-order chi connectivity index (χ1) is 16.3. The lowest BCUT2D eigenvalue weighted by Crippen LogP contribution is -2.56. The van der Waals surface area contributed by atoms with Gasteiger partial charge in [0.15, 0.2) is 0 Å². The molecule has 9 heteroatoms. The Morgan fingerprint density at radius 2 is 1.86 bits per heavy atom. The molecule has 0 bridgehead atoms. The zero-order valence-corrected chi connectivity index (χ0v) is 21.7. The SMILES string of the molecule is C=Cc1cccc(C(C(=O)NCCCC)N(C(=O)C(CC(N)=O)NC(=O)OC(C)(C)C)C(C)C)c1. The van der Waals surface area contributed by atoms with E-state index in [9.17, 15) is 19.2 Å². The van der Waals surface area contributed by atoms with Gasteiger partial charge in [-0.1, -0.05) is 44.2 Å². The molecule has 4 N–H and O–H groups in total. The maximum Gasteiger partial charge on any atom is 0.408 e. The molecule has 0 aromatic heterocycles. The Labute approximate surface area is 208 Å². The molecule has 0 heterocycles. The van der Waals surface area contributed by atoms with Crippen molar-refractivity contribution in [3.05, 3.63) is 42.0 Å². The smallest absolute Gasteiger partial charge is 0.408 e. The van der Waals surface area contributed by atoms with E-state index in [2.05, 4.69) is 17.2 Å². The second kappa shape index (κ2) is 13.5. The summed E-state index contributed by atoms with van der Waals surface area (Å²) in [5.41, 5.74) is 5.93. The summed E-state index contributed by atoms with van der Waals surface area (Å²) >= 11 is 0. The van der Waals surface area contributed by atoms with Gasteiger partial charge in [0.05, 0.1) is 6.42 Å². The fourth-order valence-electron chi connectivity index (χ4n) is 3.49. The summed E-state index contributed by atoms with van der Waals surface area (Å²) in [5, 5.41) is 5.36. The Bertz CT molecular complexity index is 907. The van der Waals surface area contributed by atoms with Gasteiger partial charge in [0.2, 0.25) is 17.7 Å². The zero-order valence-electron chi connectivity index (χ0n) is 21.7. The molecule has 0 saturated carbocycles. The van der Waals surface area contributed by atoms with Gasteiger partial charge in [0.1, 0.15) is 17.7 Å². The number of carbonyl (C=O) groups excluding carboxylic acids is 4. The number of nitrogens with two attached hydrogens (primary N) is 1. The number of amides is 4. The first-order valence-corrected chi connectivity index (χ1v) is 11.9. The number of ether oxygens (including phenoxy) is 1. The number of alkyl carbamates (subject to hydrolysis) is 1. The average Bonchev–Trinajstić information content (AvgIpc) is 2.74. The fourth-order valence-corrected chi connectivity index (χ4v) is 3.49. The quantitative estimate of drug-likeness (QED) is 0.389. The van der Waals surface area contributed by atoms with Gasteiger partial charge in [-0.3, -0.25) is 14.4 Å². The highest BCUT2D eigenvalue weighted by Crippen LogP contribution is 2.26.